The van der Waals surface area contributed by atoms with Crippen molar-refractivity contribution in [2.24, 2.45) is 0 Å². The van der Waals surface area contributed by atoms with E-state index >= 15 is 0 Å². The molecule has 2 amide bonds. The predicted molar refractivity (Wildman–Crippen MR) is 76.8 cm³/mol. The van der Waals surface area contributed by atoms with Gasteiger partial charge in [-0.1, -0.05) is 30.3 Å². The number of urea groups is 1. The molecule has 21 heavy (non-hydrogen) atoms. The maximum absolute atomic E-state index is 12.2. The molecule has 1 aliphatic rings. The van der Waals surface area contributed by atoms with E-state index in [-0.39, 0.29) is 6.54 Å². The highest BCUT2D eigenvalue weighted by Crippen LogP contribution is 2.21. The highest BCUT2D eigenvalue weighted by atomic mass is 16.4. The van der Waals surface area contributed by atoms with E-state index in [9.17, 15) is 19.8 Å². The topological polar surface area (TPSA) is 89.9 Å². The molecule has 1 aromatic rings. The molecule has 114 valence electrons. The van der Waals surface area contributed by atoms with Crippen LogP contribution in [0.15, 0.2) is 30.3 Å². The summed E-state index contributed by atoms with van der Waals surface area (Å²) in [6.07, 6.45) is 1.33. The molecule has 1 aliphatic heterocycles. The number of carbonyl (C=O) groups is 2. The third kappa shape index (κ3) is 3.95. The van der Waals surface area contributed by atoms with Crippen LogP contribution in [0.25, 0.3) is 0 Å². The normalized spacial score (nSPS) is 23.4. The molecule has 0 bridgehead atoms. The number of aliphatic hydroxyl groups is 1. The molecule has 0 aromatic heterocycles. The van der Waals surface area contributed by atoms with Crippen LogP contribution in [0.3, 0.4) is 0 Å². The molecular formula is C15H20N2O4. The van der Waals surface area contributed by atoms with E-state index in [0.29, 0.717) is 24.9 Å². The van der Waals surface area contributed by atoms with E-state index < -0.39 is 23.6 Å². The van der Waals surface area contributed by atoms with E-state index in [4.69, 9.17) is 0 Å². The van der Waals surface area contributed by atoms with E-state index in [1.165, 1.54) is 4.90 Å². The molecule has 1 heterocycles. The van der Waals surface area contributed by atoms with Crippen LogP contribution in [0.4, 0.5) is 4.79 Å². The number of benzene rings is 1. The number of carboxylic acids is 1. The Morgan fingerprint density at radius 1 is 1.33 bits per heavy atom. The summed E-state index contributed by atoms with van der Waals surface area (Å²) in [5.41, 5.74) is -0.400. The number of hydrogen-bond donors (Lipinski definition) is 3. The van der Waals surface area contributed by atoms with Gasteiger partial charge in [-0.3, -0.25) is 0 Å². The van der Waals surface area contributed by atoms with E-state index in [1.807, 2.05) is 0 Å². The Balaban J connectivity index is 2.07. The van der Waals surface area contributed by atoms with Gasteiger partial charge in [-0.15, -0.1) is 0 Å². The summed E-state index contributed by atoms with van der Waals surface area (Å²) in [5, 5.41) is 21.8. The average Bonchev–Trinajstić information content (AvgIpc) is 2.44. The van der Waals surface area contributed by atoms with Crippen molar-refractivity contribution < 1.29 is 19.8 Å². The van der Waals surface area contributed by atoms with Crippen LogP contribution >= 0.6 is 0 Å². The van der Waals surface area contributed by atoms with Crippen LogP contribution in [-0.2, 0) is 4.79 Å². The summed E-state index contributed by atoms with van der Waals surface area (Å²) < 4.78 is 0. The molecule has 0 saturated carbocycles. The van der Waals surface area contributed by atoms with Crippen LogP contribution < -0.4 is 5.32 Å². The summed E-state index contributed by atoms with van der Waals surface area (Å²) >= 11 is 0. The SMILES string of the molecule is CC1(O)CCCN(C(=O)N[C@@H](C(=O)O)c2ccccc2)C1. The maximum Gasteiger partial charge on any atom is 0.330 e. The second-order valence-corrected chi connectivity index (χ2v) is 5.65. The third-order valence-electron chi connectivity index (χ3n) is 3.61. The smallest absolute Gasteiger partial charge is 0.330 e. The Hall–Kier alpha value is -2.08. The first kappa shape index (κ1) is 15.3. The summed E-state index contributed by atoms with van der Waals surface area (Å²) in [7, 11) is 0. The van der Waals surface area contributed by atoms with Crippen molar-refractivity contribution in [2.45, 2.75) is 31.4 Å². The number of likely N-dealkylation sites (tertiary alicyclic amines) is 1. The van der Waals surface area contributed by atoms with Gasteiger partial charge < -0.3 is 20.4 Å². The minimum absolute atomic E-state index is 0.208. The van der Waals surface area contributed by atoms with Gasteiger partial charge in [0.25, 0.3) is 0 Å². The van der Waals surface area contributed by atoms with Gasteiger partial charge in [-0.05, 0) is 25.3 Å². The molecule has 1 unspecified atom stereocenters. The number of piperidine rings is 1. The summed E-state index contributed by atoms with van der Waals surface area (Å²) in [6, 6.07) is 6.99. The van der Waals surface area contributed by atoms with Crippen molar-refractivity contribution in [1.29, 1.82) is 0 Å². The van der Waals surface area contributed by atoms with Gasteiger partial charge in [0.15, 0.2) is 6.04 Å². The average molecular weight is 292 g/mol. The fourth-order valence-corrected chi connectivity index (χ4v) is 2.54. The zero-order valence-corrected chi connectivity index (χ0v) is 12.0. The van der Waals surface area contributed by atoms with Crippen LogP contribution in [-0.4, -0.2) is 45.8 Å². The largest absolute Gasteiger partial charge is 0.479 e. The summed E-state index contributed by atoms with van der Waals surface area (Å²) in [4.78, 5) is 25.0. The Bertz CT molecular complexity index is 516. The second-order valence-electron chi connectivity index (χ2n) is 5.65. The molecule has 0 radical (unpaired) electrons. The minimum Gasteiger partial charge on any atom is -0.479 e. The summed E-state index contributed by atoms with van der Waals surface area (Å²) in [6.45, 7) is 2.40. The molecule has 3 N–H and O–H groups in total. The lowest BCUT2D eigenvalue weighted by Gasteiger charge is -2.37. The van der Waals surface area contributed by atoms with Gasteiger partial charge >= 0.3 is 12.0 Å². The Labute approximate surface area is 123 Å². The first-order valence-electron chi connectivity index (χ1n) is 6.95. The summed E-state index contributed by atoms with van der Waals surface area (Å²) in [5.74, 6) is -1.11. The van der Waals surface area contributed by atoms with Crippen molar-refractivity contribution in [1.82, 2.24) is 10.2 Å². The van der Waals surface area contributed by atoms with Crippen molar-refractivity contribution in [2.75, 3.05) is 13.1 Å². The van der Waals surface area contributed by atoms with E-state index in [1.54, 1.807) is 37.3 Å². The zero-order valence-electron chi connectivity index (χ0n) is 12.0. The number of aliphatic carboxylic acids is 1. The molecule has 1 aromatic carbocycles. The highest BCUT2D eigenvalue weighted by molar-refractivity contribution is 5.83. The highest BCUT2D eigenvalue weighted by Gasteiger charge is 2.32. The van der Waals surface area contributed by atoms with Crippen molar-refractivity contribution >= 4 is 12.0 Å². The number of carbonyl (C=O) groups excluding carboxylic acids is 1. The van der Waals surface area contributed by atoms with Gasteiger partial charge in [0.1, 0.15) is 0 Å². The Kier molecular flexibility index (Phi) is 4.47. The van der Waals surface area contributed by atoms with E-state index in [2.05, 4.69) is 5.32 Å². The monoisotopic (exact) mass is 292 g/mol. The lowest BCUT2D eigenvalue weighted by molar-refractivity contribution is -0.139. The molecule has 1 saturated heterocycles. The number of carboxylic acid groups (broad SMARTS) is 1. The lowest BCUT2D eigenvalue weighted by atomic mass is 9.95. The maximum atomic E-state index is 12.2. The van der Waals surface area contributed by atoms with E-state index in [0.717, 1.165) is 0 Å². The zero-order chi connectivity index (χ0) is 15.5. The molecular weight excluding hydrogens is 272 g/mol. The number of β-amino-alcohol motifs (C(OH)–C–C–N with tert-alkyl or cyclic N) is 1. The molecule has 6 nitrogen and oxygen atoms in total. The molecule has 2 atom stereocenters. The van der Waals surface area contributed by atoms with Crippen LogP contribution in [0.2, 0.25) is 0 Å². The lowest BCUT2D eigenvalue weighted by Crippen LogP contribution is -2.52. The Morgan fingerprint density at radius 2 is 2.00 bits per heavy atom. The first-order chi connectivity index (χ1) is 9.89. The predicted octanol–water partition coefficient (Wildman–Crippen LogP) is 1.37. The molecule has 6 heteroatoms. The quantitative estimate of drug-likeness (QED) is 0.785. The van der Waals surface area contributed by atoms with Crippen LogP contribution in [0.5, 0.6) is 0 Å². The van der Waals surface area contributed by atoms with Crippen molar-refractivity contribution in [3.8, 4) is 0 Å². The molecule has 2 rings (SSSR count). The van der Waals surface area contributed by atoms with Crippen LogP contribution in [0, 0.1) is 0 Å². The Morgan fingerprint density at radius 3 is 2.57 bits per heavy atom. The number of rotatable bonds is 3. The molecule has 1 fully saturated rings. The van der Waals surface area contributed by atoms with Crippen molar-refractivity contribution in [3.05, 3.63) is 35.9 Å². The van der Waals surface area contributed by atoms with Gasteiger partial charge in [-0.2, -0.15) is 0 Å². The first-order valence-corrected chi connectivity index (χ1v) is 6.95. The number of amides is 2. The third-order valence-corrected chi connectivity index (χ3v) is 3.61. The molecule has 0 spiro atoms. The fraction of sp³-hybridized carbons (Fsp3) is 0.467. The standard InChI is InChI=1S/C15H20N2O4/c1-15(21)8-5-9-17(10-15)14(20)16-12(13(18)19)11-6-3-2-4-7-11/h2-4,6-7,12,21H,5,8-10H2,1H3,(H,16,20)(H,18,19)/t12-,15?/m1/s1. The number of nitrogens with zero attached hydrogens (tertiary/aromatic N) is 1. The van der Waals surface area contributed by atoms with Crippen LogP contribution in [0.1, 0.15) is 31.4 Å². The van der Waals surface area contributed by atoms with Gasteiger partial charge in [0.05, 0.1) is 12.1 Å². The molecule has 0 aliphatic carbocycles. The van der Waals surface area contributed by atoms with Gasteiger partial charge in [0.2, 0.25) is 0 Å². The number of nitrogens with one attached hydrogen (secondary N) is 1. The van der Waals surface area contributed by atoms with Gasteiger partial charge in [-0.25, -0.2) is 9.59 Å². The second kappa shape index (κ2) is 6.13. The van der Waals surface area contributed by atoms with Crippen molar-refractivity contribution in [3.63, 3.8) is 0 Å². The van der Waals surface area contributed by atoms with Gasteiger partial charge in [0, 0.05) is 6.54 Å². The minimum atomic E-state index is -1.11. The fourth-order valence-electron chi connectivity index (χ4n) is 2.54. The number of hydrogen-bond acceptors (Lipinski definition) is 3.